The fourth-order valence-corrected chi connectivity index (χ4v) is 5.12. The van der Waals surface area contributed by atoms with Crippen molar-refractivity contribution in [2.45, 2.75) is 13.8 Å². The summed E-state index contributed by atoms with van der Waals surface area (Å²) in [6.07, 6.45) is 1.82. The average Bonchev–Trinajstić information content (AvgIpc) is 3.45. The van der Waals surface area contributed by atoms with Gasteiger partial charge in [0.2, 0.25) is 0 Å². The van der Waals surface area contributed by atoms with Crippen LogP contribution in [-0.4, -0.2) is 32.8 Å². The zero-order valence-corrected chi connectivity index (χ0v) is 19.5. The van der Waals surface area contributed by atoms with Gasteiger partial charge in [-0.25, -0.2) is 0 Å². The average molecular weight is 470 g/mol. The summed E-state index contributed by atoms with van der Waals surface area (Å²) < 4.78 is 7.65. The smallest absolute Gasteiger partial charge is 0.285 e. The highest BCUT2D eigenvalue weighted by Gasteiger charge is 2.34. The van der Waals surface area contributed by atoms with E-state index in [1.807, 2.05) is 50.3 Å². The van der Waals surface area contributed by atoms with Gasteiger partial charge >= 0.3 is 0 Å². The van der Waals surface area contributed by atoms with E-state index in [2.05, 4.69) is 9.99 Å². The van der Waals surface area contributed by atoms with Crippen LogP contribution in [0.2, 0.25) is 0 Å². The fourth-order valence-electron chi connectivity index (χ4n) is 3.33. The fraction of sp³-hybridized carbons (Fsp3) is 0.136. The molecule has 1 N–H and O–H groups in total. The minimum absolute atomic E-state index is 0.296. The molecule has 0 aliphatic carbocycles. The van der Waals surface area contributed by atoms with Crippen molar-refractivity contribution in [2.24, 2.45) is 0 Å². The van der Waals surface area contributed by atoms with Crippen LogP contribution in [0.4, 0.5) is 0 Å². The molecule has 31 heavy (non-hydrogen) atoms. The molecule has 3 heterocycles. The van der Waals surface area contributed by atoms with E-state index in [4.69, 9.17) is 17.0 Å². The molecule has 0 unspecified atom stereocenters. The molecule has 0 atom stereocenters. The second kappa shape index (κ2) is 8.70. The van der Waals surface area contributed by atoms with Gasteiger partial charge < -0.3 is 9.30 Å². The molecule has 9 heteroatoms. The number of aromatic nitrogens is 1. The number of ether oxygens (including phenoxy) is 1. The van der Waals surface area contributed by atoms with Crippen LogP contribution in [0.3, 0.4) is 0 Å². The molecule has 1 fully saturated rings. The summed E-state index contributed by atoms with van der Waals surface area (Å²) >= 11 is 7.80. The Bertz CT molecular complexity index is 1190. The largest absolute Gasteiger partial charge is 0.497 e. The number of carbonyl (C=O) groups is 2. The third-order valence-electron chi connectivity index (χ3n) is 4.84. The van der Waals surface area contributed by atoms with Gasteiger partial charge in [0, 0.05) is 17.1 Å². The predicted molar refractivity (Wildman–Crippen MR) is 129 cm³/mol. The van der Waals surface area contributed by atoms with Crippen molar-refractivity contribution in [3.63, 3.8) is 0 Å². The normalized spacial score (nSPS) is 15.1. The van der Waals surface area contributed by atoms with Gasteiger partial charge in [-0.15, -0.1) is 11.3 Å². The molecule has 0 bridgehead atoms. The summed E-state index contributed by atoms with van der Waals surface area (Å²) in [5, 5.41) is 2.94. The van der Waals surface area contributed by atoms with Crippen LogP contribution in [-0.2, 0) is 4.79 Å². The van der Waals surface area contributed by atoms with Crippen LogP contribution in [0.25, 0.3) is 11.8 Å². The molecule has 2 amide bonds. The van der Waals surface area contributed by atoms with E-state index in [-0.39, 0.29) is 11.8 Å². The molecular formula is C22H19N3O3S3. The van der Waals surface area contributed by atoms with Crippen molar-refractivity contribution in [3.8, 4) is 11.4 Å². The molecule has 158 valence electrons. The van der Waals surface area contributed by atoms with Gasteiger partial charge in [0.25, 0.3) is 11.8 Å². The first-order valence-electron chi connectivity index (χ1n) is 9.35. The number of nitrogens with one attached hydrogen (secondary N) is 1. The summed E-state index contributed by atoms with van der Waals surface area (Å²) in [4.78, 5) is 26.2. The van der Waals surface area contributed by atoms with Gasteiger partial charge in [-0.2, -0.15) is 5.01 Å². The minimum atomic E-state index is -0.356. The molecular weight excluding hydrogens is 450 g/mol. The van der Waals surface area contributed by atoms with E-state index in [0.717, 1.165) is 33.4 Å². The first-order valence-corrected chi connectivity index (χ1v) is 11.5. The molecule has 1 aliphatic rings. The number of nitrogens with zero attached hydrogens (tertiary/aromatic N) is 2. The Balaban J connectivity index is 1.59. The van der Waals surface area contributed by atoms with Crippen LogP contribution >= 0.6 is 35.3 Å². The molecule has 4 rings (SSSR count). The lowest BCUT2D eigenvalue weighted by Crippen LogP contribution is -2.44. The second-order valence-electron chi connectivity index (χ2n) is 6.80. The number of carbonyl (C=O) groups excluding carboxylic acids is 2. The Kier molecular flexibility index (Phi) is 5.99. The summed E-state index contributed by atoms with van der Waals surface area (Å²) in [5.41, 5.74) is 6.55. The zero-order chi connectivity index (χ0) is 22.1. The van der Waals surface area contributed by atoms with E-state index in [1.165, 1.54) is 23.1 Å². The number of hydrazine groups is 1. The number of thiocarbonyl (C=S) groups is 1. The van der Waals surface area contributed by atoms with Gasteiger partial charge in [-0.05, 0) is 79.5 Å². The molecule has 2 aromatic heterocycles. The van der Waals surface area contributed by atoms with Crippen LogP contribution in [0.5, 0.6) is 5.75 Å². The van der Waals surface area contributed by atoms with Crippen molar-refractivity contribution in [1.29, 1.82) is 0 Å². The number of benzene rings is 1. The molecule has 1 saturated heterocycles. The Morgan fingerprint density at radius 1 is 1.19 bits per heavy atom. The second-order valence-corrected chi connectivity index (χ2v) is 9.42. The Labute approximate surface area is 193 Å². The van der Waals surface area contributed by atoms with Crippen LogP contribution in [0.15, 0.2) is 52.7 Å². The number of thiophene rings is 1. The van der Waals surface area contributed by atoms with Crippen LogP contribution < -0.4 is 10.2 Å². The van der Waals surface area contributed by atoms with Crippen molar-refractivity contribution < 1.29 is 14.3 Å². The maximum Gasteiger partial charge on any atom is 0.285 e. The van der Waals surface area contributed by atoms with Crippen molar-refractivity contribution >= 4 is 57.5 Å². The van der Waals surface area contributed by atoms with Crippen molar-refractivity contribution in [3.05, 3.63) is 74.6 Å². The van der Waals surface area contributed by atoms with E-state index >= 15 is 0 Å². The third-order valence-corrected chi connectivity index (χ3v) is 7.01. The maximum atomic E-state index is 12.9. The van der Waals surface area contributed by atoms with E-state index in [9.17, 15) is 9.59 Å². The minimum Gasteiger partial charge on any atom is -0.497 e. The Hall–Kier alpha value is -2.88. The first kappa shape index (κ1) is 21.4. The molecule has 1 aromatic carbocycles. The van der Waals surface area contributed by atoms with E-state index in [0.29, 0.717) is 14.1 Å². The molecule has 0 radical (unpaired) electrons. The number of thioether (sulfide) groups is 1. The quantitative estimate of drug-likeness (QED) is 0.433. The van der Waals surface area contributed by atoms with Crippen molar-refractivity contribution in [2.75, 3.05) is 7.11 Å². The summed E-state index contributed by atoms with van der Waals surface area (Å²) in [6, 6.07) is 13.3. The molecule has 0 saturated carbocycles. The van der Waals surface area contributed by atoms with E-state index < -0.39 is 0 Å². The van der Waals surface area contributed by atoms with Gasteiger partial charge in [-0.1, -0.05) is 17.8 Å². The van der Waals surface area contributed by atoms with E-state index in [1.54, 1.807) is 24.6 Å². The molecule has 0 spiro atoms. The standard InChI is InChI=1S/C22H19N3O3S3/c1-13-11-15(14(2)24(13)16-6-8-17(28-3)9-7-16)12-19-21(27)25(22(29)31-19)23-20(26)18-5-4-10-30-18/h4-12H,1-3H3,(H,23,26)/b19-12-. The van der Waals surface area contributed by atoms with Crippen LogP contribution in [0, 0.1) is 13.8 Å². The lowest BCUT2D eigenvalue weighted by atomic mass is 10.2. The summed E-state index contributed by atoms with van der Waals surface area (Å²) in [7, 11) is 1.64. The summed E-state index contributed by atoms with van der Waals surface area (Å²) in [6.45, 7) is 4.02. The molecule has 6 nitrogen and oxygen atoms in total. The van der Waals surface area contributed by atoms with Gasteiger partial charge in [-0.3, -0.25) is 15.0 Å². The Morgan fingerprint density at radius 2 is 1.94 bits per heavy atom. The number of hydrogen-bond donors (Lipinski definition) is 1. The van der Waals surface area contributed by atoms with Gasteiger partial charge in [0.1, 0.15) is 5.75 Å². The highest BCUT2D eigenvalue weighted by Crippen LogP contribution is 2.33. The Morgan fingerprint density at radius 3 is 2.58 bits per heavy atom. The number of aryl methyl sites for hydroxylation is 1. The third kappa shape index (κ3) is 4.16. The molecule has 3 aromatic rings. The SMILES string of the molecule is COc1ccc(-n2c(C)cc(/C=C3\SC(=S)N(NC(=O)c4cccs4)C3=O)c2C)cc1. The number of amides is 2. The highest BCUT2D eigenvalue weighted by atomic mass is 32.2. The lowest BCUT2D eigenvalue weighted by Gasteiger charge is -2.14. The monoisotopic (exact) mass is 469 g/mol. The first-order chi connectivity index (χ1) is 14.9. The maximum absolute atomic E-state index is 12.9. The van der Waals surface area contributed by atoms with Gasteiger partial charge in [0.05, 0.1) is 16.9 Å². The predicted octanol–water partition coefficient (Wildman–Crippen LogP) is 4.71. The topological polar surface area (TPSA) is 63.6 Å². The lowest BCUT2D eigenvalue weighted by molar-refractivity contribution is -0.123. The van der Waals surface area contributed by atoms with Gasteiger partial charge in [0.15, 0.2) is 4.32 Å². The highest BCUT2D eigenvalue weighted by molar-refractivity contribution is 8.26. The number of hydrogen-bond acceptors (Lipinski definition) is 6. The number of rotatable bonds is 5. The summed E-state index contributed by atoms with van der Waals surface area (Å²) in [5.74, 6) is 0.0964. The zero-order valence-electron chi connectivity index (χ0n) is 17.0. The van der Waals surface area contributed by atoms with Crippen LogP contribution in [0.1, 0.15) is 26.6 Å². The van der Waals surface area contributed by atoms with Crippen molar-refractivity contribution in [1.82, 2.24) is 15.0 Å². The molecule has 1 aliphatic heterocycles. The number of methoxy groups -OCH3 is 1.